The number of halogens is 3. The number of amides is 1. The highest BCUT2D eigenvalue weighted by Gasteiger charge is 2.33. The van der Waals surface area contributed by atoms with Crippen LogP contribution in [0.1, 0.15) is 16.8 Å². The lowest BCUT2D eigenvalue weighted by Gasteiger charge is -2.23. The second-order valence-corrected chi connectivity index (χ2v) is 4.29. The van der Waals surface area contributed by atoms with Crippen LogP contribution in [-0.4, -0.2) is 43.2 Å². The predicted molar refractivity (Wildman–Crippen MR) is 69.4 cm³/mol. The number of ether oxygens (including phenoxy) is 1. The number of nitrogens with two attached hydrogens (primary N) is 1. The third-order valence-corrected chi connectivity index (χ3v) is 2.63. The number of hydrogen-bond acceptors (Lipinski definition) is 4. The summed E-state index contributed by atoms with van der Waals surface area (Å²) in [6, 6.07) is 5.50. The third kappa shape index (κ3) is 5.72. The molecule has 0 spiro atoms. The summed E-state index contributed by atoms with van der Waals surface area (Å²) in [5.41, 5.74) is 5.92. The third-order valence-electron chi connectivity index (χ3n) is 2.63. The van der Waals surface area contributed by atoms with E-state index in [1.54, 1.807) is 0 Å². The summed E-state index contributed by atoms with van der Waals surface area (Å²) in [4.78, 5) is 23.7. The Balaban J connectivity index is 2.86. The monoisotopic (exact) mass is 304 g/mol. The maximum atomic E-state index is 12.5. The van der Waals surface area contributed by atoms with Crippen LogP contribution in [-0.2, 0) is 9.53 Å². The van der Waals surface area contributed by atoms with Gasteiger partial charge in [-0.05, 0) is 24.3 Å². The Morgan fingerprint density at radius 1 is 1.24 bits per heavy atom. The number of carbonyl (C=O) groups excluding carboxylic acids is 2. The summed E-state index contributed by atoms with van der Waals surface area (Å²) in [5, 5.41) is 0. The van der Waals surface area contributed by atoms with Crippen molar-refractivity contribution in [3.8, 4) is 0 Å². The molecule has 0 saturated heterocycles. The number of esters is 1. The van der Waals surface area contributed by atoms with Gasteiger partial charge in [0.05, 0.1) is 13.5 Å². The van der Waals surface area contributed by atoms with Crippen molar-refractivity contribution in [2.75, 3.05) is 25.9 Å². The van der Waals surface area contributed by atoms with E-state index in [1.165, 1.54) is 24.3 Å². The summed E-state index contributed by atoms with van der Waals surface area (Å²) < 4.78 is 41.9. The van der Waals surface area contributed by atoms with E-state index in [2.05, 4.69) is 4.74 Å². The van der Waals surface area contributed by atoms with Crippen LogP contribution in [0.5, 0.6) is 0 Å². The number of carbonyl (C=O) groups is 2. The van der Waals surface area contributed by atoms with Gasteiger partial charge in [0.25, 0.3) is 5.91 Å². The molecule has 1 amide bonds. The molecule has 0 aliphatic carbocycles. The molecule has 2 N–H and O–H groups in total. The maximum Gasteiger partial charge on any atom is 0.406 e. The first-order valence-electron chi connectivity index (χ1n) is 6.01. The zero-order valence-corrected chi connectivity index (χ0v) is 11.3. The van der Waals surface area contributed by atoms with E-state index in [1.807, 2.05) is 0 Å². The van der Waals surface area contributed by atoms with Crippen LogP contribution >= 0.6 is 0 Å². The molecule has 5 nitrogen and oxygen atoms in total. The van der Waals surface area contributed by atoms with Gasteiger partial charge in [-0.2, -0.15) is 13.2 Å². The Kier molecular flexibility index (Phi) is 5.57. The van der Waals surface area contributed by atoms with Gasteiger partial charge < -0.3 is 15.4 Å². The molecule has 1 aromatic rings. The number of nitrogen functional groups attached to an aromatic ring is 1. The number of alkyl halides is 3. The van der Waals surface area contributed by atoms with E-state index in [-0.39, 0.29) is 18.5 Å². The van der Waals surface area contributed by atoms with Crippen LogP contribution in [0.3, 0.4) is 0 Å². The molecule has 0 bridgehead atoms. The van der Waals surface area contributed by atoms with Gasteiger partial charge in [-0.25, -0.2) is 0 Å². The van der Waals surface area contributed by atoms with Crippen LogP contribution in [0.2, 0.25) is 0 Å². The van der Waals surface area contributed by atoms with Crippen LogP contribution in [0.15, 0.2) is 24.3 Å². The van der Waals surface area contributed by atoms with E-state index in [9.17, 15) is 22.8 Å². The quantitative estimate of drug-likeness (QED) is 0.665. The first-order chi connectivity index (χ1) is 9.73. The smallest absolute Gasteiger partial charge is 0.406 e. The Morgan fingerprint density at radius 3 is 2.29 bits per heavy atom. The minimum absolute atomic E-state index is 0.0679. The molecule has 0 heterocycles. The molecule has 21 heavy (non-hydrogen) atoms. The van der Waals surface area contributed by atoms with Gasteiger partial charge in [-0.1, -0.05) is 0 Å². The van der Waals surface area contributed by atoms with Crippen molar-refractivity contribution in [2.45, 2.75) is 12.6 Å². The first kappa shape index (κ1) is 16.8. The molecular formula is C13H15F3N2O3. The summed E-state index contributed by atoms with van der Waals surface area (Å²) in [5.74, 6) is -1.51. The van der Waals surface area contributed by atoms with Crippen molar-refractivity contribution in [3.05, 3.63) is 29.8 Å². The lowest BCUT2D eigenvalue weighted by atomic mass is 10.1. The molecule has 1 aromatic carbocycles. The van der Waals surface area contributed by atoms with Gasteiger partial charge in [0, 0.05) is 17.8 Å². The molecule has 8 heteroatoms. The van der Waals surface area contributed by atoms with E-state index in [0.717, 1.165) is 7.11 Å². The fourth-order valence-electron chi connectivity index (χ4n) is 1.61. The molecular weight excluding hydrogens is 289 g/mol. The van der Waals surface area contributed by atoms with Crippen molar-refractivity contribution in [3.63, 3.8) is 0 Å². The van der Waals surface area contributed by atoms with Crippen LogP contribution < -0.4 is 5.73 Å². The number of rotatable bonds is 5. The molecule has 0 aliphatic heterocycles. The molecule has 0 radical (unpaired) electrons. The molecule has 0 aromatic heterocycles. The highest BCUT2D eigenvalue weighted by Crippen LogP contribution is 2.19. The highest BCUT2D eigenvalue weighted by atomic mass is 19.4. The minimum Gasteiger partial charge on any atom is -0.469 e. The topological polar surface area (TPSA) is 72.6 Å². The largest absolute Gasteiger partial charge is 0.469 e. The number of hydrogen-bond donors (Lipinski definition) is 1. The average Bonchev–Trinajstić information content (AvgIpc) is 2.42. The Bertz CT molecular complexity index is 500. The molecule has 1 rings (SSSR count). The highest BCUT2D eigenvalue weighted by molar-refractivity contribution is 5.94. The summed E-state index contributed by atoms with van der Waals surface area (Å²) >= 11 is 0. The number of anilines is 1. The van der Waals surface area contributed by atoms with Crippen LogP contribution in [0, 0.1) is 0 Å². The minimum atomic E-state index is -4.56. The van der Waals surface area contributed by atoms with Gasteiger partial charge in [0.15, 0.2) is 0 Å². The summed E-state index contributed by atoms with van der Waals surface area (Å²) in [7, 11) is 1.12. The zero-order valence-electron chi connectivity index (χ0n) is 11.3. The second kappa shape index (κ2) is 6.96. The lowest BCUT2D eigenvalue weighted by Crippen LogP contribution is -2.40. The van der Waals surface area contributed by atoms with E-state index < -0.39 is 24.6 Å². The second-order valence-electron chi connectivity index (χ2n) is 4.29. The normalized spacial score (nSPS) is 11.0. The van der Waals surface area contributed by atoms with Crippen LogP contribution in [0.25, 0.3) is 0 Å². The zero-order chi connectivity index (χ0) is 16.0. The fraction of sp³-hybridized carbons (Fsp3) is 0.385. The van der Waals surface area contributed by atoms with Crippen LogP contribution in [0.4, 0.5) is 18.9 Å². The van der Waals surface area contributed by atoms with Gasteiger partial charge in [-0.15, -0.1) is 0 Å². The number of benzene rings is 1. The van der Waals surface area contributed by atoms with Gasteiger partial charge in [0.1, 0.15) is 6.54 Å². The summed E-state index contributed by atoms with van der Waals surface area (Å²) in [6.45, 7) is -1.82. The molecule has 0 saturated carbocycles. The Morgan fingerprint density at radius 2 is 1.81 bits per heavy atom. The molecule has 0 aliphatic rings. The van der Waals surface area contributed by atoms with Gasteiger partial charge in [0.2, 0.25) is 0 Å². The lowest BCUT2D eigenvalue weighted by molar-refractivity contribution is -0.147. The predicted octanol–water partition coefficient (Wildman–Crippen LogP) is 1.84. The standard InChI is InChI=1S/C13H15F3N2O3/c1-21-11(19)6-7-18(8-13(14,15)16)12(20)9-2-4-10(17)5-3-9/h2-5H,6-8,17H2,1H3. The van der Waals surface area contributed by atoms with Crippen molar-refractivity contribution < 1.29 is 27.5 Å². The molecule has 0 fully saturated rings. The van der Waals surface area contributed by atoms with E-state index >= 15 is 0 Å². The maximum absolute atomic E-state index is 12.5. The molecule has 0 unspecified atom stereocenters. The van der Waals surface area contributed by atoms with Gasteiger partial charge in [-0.3, -0.25) is 9.59 Å². The SMILES string of the molecule is COC(=O)CCN(CC(F)(F)F)C(=O)c1ccc(N)cc1. The Labute approximate surface area is 119 Å². The molecule has 0 atom stereocenters. The Hall–Kier alpha value is -2.25. The van der Waals surface area contributed by atoms with Crippen molar-refractivity contribution in [1.29, 1.82) is 0 Å². The number of methoxy groups -OCH3 is 1. The van der Waals surface area contributed by atoms with Crippen molar-refractivity contribution >= 4 is 17.6 Å². The molecule has 116 valence electrons. The first-order valence-corrected chi connectivity index (χ1v) is 6.01. The van der Waals surface area contributed by atoms with E-state index in [4.69, 9.17) is 5.73 Å². The number of nitrogens with zero attached hydrogens (tertiary/aromatic N) is 1. The average molecular weight is 304 g/mol. The fourth-order valence-corrected chi connectivity index (χ4v) is 1.61. The van der Waals surface area contributed by atoms with E-state index in [0.29, 0.717) is 10.6 Å². The van der Waals surface area contributed by atoms with Crippen molar-refractivity contribution in [2.24, 2.45) is 0 Å². The van der Waals surface area contributed by atoms with Crippen molar-refractivity contribution in [1.82, 2.24) is 4.90 Å². The van der Waals surface area contributed by atoms with Gasteiger partial charge >= 0.3 is 12.1 Å². The summed E-state index contributed by atoms with van der Waals surface area (Å²) in [6.07, 6.45) is -4.87.